The van der Waals surface area contributed by atoms with Crippen molar-refractivity contribution in [3.05, 3.63) is 22.4 Å². The predicted molar refractivity (Wildman–Crippen MR) is 49.2 cm³/mol. The van der Waals surface area contributed by atoms with Gasteiger partial charge in [-0.15, -0.1) is 11.3 Å². The third kappa shape index (κ3) is 4.11. The van der Waals surface area contributed by atoms with Crippen molar-refractivity contribution in [1.82, 2.24) is 0 Å². The smallest absolute Gasteiger partial charge is 0.388 e. The first-order chi connectivity index (χ1) is 6.49. The van der Waals surface area contributed by atoms with E-state index < -0.39 is 18.7 Å². The molecule has 1 heterocycles. The Labute approximate surface area is 84.2 Å². The van der Waals surface area contributed by atoms with Crippen molar-refractivity contribution >= 4 is 11.3 Å². The number of rotatable bonds is 4. The third-order valence-electron chi connectivity index (χ3n) is 1.81. The highest BCUT2D eigenvalue weighted by Crippen LogP contribution is 2.27. The molecule has 1 rings (SSSR count). The van der Waals surface area contributed by atoms with E-state index in [2.05, 4.69) is 0 Å². The van der Waals surface area contributed by atoms with Crippen LogP contribution >= 0.6 is 11.3 Å². The number of hydrogen-bond donors (Lipinski definition) is 1. The van der Waals surface area contributed by atoms with Gasteiger partial charge in [-0.05, 0) is 24.3 Å². The van der Waals surface area contributed by atoms with Gasteiger partial charge >= 0.3 is 6.18 Å². The number of aliphatic hydroxyl groups excluding tert-OH is 1. The second-order valence-corrected chi connectivity index (χ2v) is 4.02. The molecule has 0 amide bonds. The van der Waals surface area contributed by atoms with Crippen LogP contribution in [0.3, 0.4) is 0 Å². The monoisotopic (exact) mass is 224 g/mol. The number of aliphatic hydroxyl groups is 1. The molecule has 0 saturated carbocycles. The molecule has 80 valence electrons. The van der Waals surface area contributed by atoms with E-state index in [0.717, 1.165) is 4.88 Å². The van der Waals surface area contributed by atoms with E-state index in [1.807, 2.05) is 0 Å². The van der Waals surface area contributed by atoms with Gasteiger partial charge in [0.1, 0.15) is 0 Å². The summed E-state index contributed by atoms with van der Waals surface area (Å²) >= 11 is 1.36. The van der Waals surface area contributed by atoms with Crippen LogP contribution in [0, 0.1) is 0 Å². The molecule has 0 spiro atoms. The Hall–Kier alpha value is -0.550. The Kier molecular flexibility index (Phi) is 3.95. The van der Waals surface area contributed by atoms with Gasteiger partial charge in [-0.1, -0.05) is 6.07 Å². The molecule has 0 saturated heterocycles. The number of halogens is 3. The molecule has 1 aromatic heterocycles. The Morgan fingerprint density at radius 2 is 2.14 bits per heavy atom. The minimum absolute atomic E-state index is 0.0252. The van der Waals surface area contributed by atoms with E-state index in [4.69, 9.17) is 0 Å². The maximum absolute atomic E-state index is 11.8. The molecule has 0 aromatic carbocycles. The standard InChI is InChI=1S/C9H11F3OS/c10-9(11,12)5-1-3-7(13)8-4-2-6-14-8/h2,4,6-7,13H,1,3,5H2. The zero-order valence-electron chi connectivity index (χ0n) is 7.42. The Morgan fingerprint density at radius 1 is 1.43 bits per heavy atom. The minimum Gasteiger partial charge on any atom is -0.388 e. The summed E-state index contributed by atoms with van der Waals surface area (Å²) in [7, 11) is 0. The average Bonchev–Trinajstić information content (AvgIpc) is 2.53. The van der Waals surface area contributed by atoms with Crippen LogP contribution in [-0.4, -0.2) is 11.3 Å². The maximum atomic E-state index is 11.8. The Morgan fingerprint density at radius 3 is 2.64 bits per heavy atom. The largest absolute Gasteiger partial charge is 0.389 e. The highest BCUT2D eigenvalue weighted by molar-refractivity contribution is 7.10. The van der Waals surface area contributed by atoms with Gasteiger partial charge in [-0.3, -0.25) is 0 Å². The molecule has 14 heavy (non-hydrogen) atoms. The van der Waals surface area contributed by atoms with Crippen LogP contribution < -0.4 is 0 Å². The first-order valence-corrected chi connectivity index (χ1v) is 5.15. The van der Waals surface area contributed by atoms with E-state index in [1.54, 1.807) is 17.5 Å². The molecule has 1 aromatic rings. The summed E-state index contributed by atoms with van der Waals surface area (Å²) in [6, 6.07) is 3.50. The van der Waals surface area contributed by atoms with Gasteiger partial charge < -0.3 is 5.11 Å². The lowest BCUT2D eigenvalue weighted by atomic mass is 10.1. The zero-order chi connectivity index (χ0) is 10.6. The molecule has 0 fully saturated rings. The first-order valence-electron chi connectivity index (χ1n) is 4.27. The summed E-state index contributed by atoms with van der Waals surface area (Å²) in [5, 5.41) is 11.2. The zero-order valence-corrected chi connectivity index (χ0v) is 8.24. The Balaban J connectivity index is 2.26. The summed E-state index contributed by atoms with van der Waals surface area (Å²) in [5.74, 6) is 0. The molecule has 1 nitrogen and oxygen atoms in total. The molecule has 5 heteroatoms. The lowest BCUT2D eigenvalue weighted by molar-refractivity contribution is -0.136. The van der Waals surface area contributed by atoms with Crippen LogP contribution in [0.1, 0.15) is 30.2 Å². The van der Waals surface area contributed by atoms with E-state index in [0.29, 0.717) is 0 Å². The molecule has 0 aliphatic carbocycles. The molecule has 1 unspecified atom stereocenters. The van der Waals surface area contributed by atoms with Gasteiger partial charge in [0.15, 0.2) is 0 Å². The highest BCUT2D eigenvalue weighted by atomic mass is 32.1. The van der Waals surface area contributed by atoms with Crippen LogP contribution in [0.25, 0.3) is 0 Å². The normalized spacial score (nSPS) is 14.3. The van der Waals surface area contributed by atoms with Crippen molar-refractivity contribution in [3.63, 3.8) is 0 Å². The Bertz CT molecular complexity index is 256. The van der Waals surface area contributed by atoms with Gasteiger partial charge in [-0.25, -0.2) is 0 Å². The van der Waals surface area contributed by atoms with Crippen molar-refractivity contribution in [1.29, 1.82) is 0 Å². The fourth-order valence-corrected chi connectivity index (χ4v) is 1.87. The number of hydrogen-bond acceptors (Lipinski definition) is 2. The molecule has 0 bridgehead atoms. The van der Waals surface area contributed by atoms with E-state index in [1.165, 1.54) is 11.3 Å². The lowest BCUT2D eigenvalue weighted by Gasteiger charge is -2.09. The topological polar surface area (TPSA) is 20.2 Å². The van der Waals surface area contributed by atoms with Crippen molar-refractivity contribution in [2.45, 2.75) is 31.5 Å². The predicted octanol–water partition coefficient (Wildman–Crippen LogP) is 3.51. The number of alkyl halides is 3. The molecule has 0 radical (unpaired) electrons. The fourth-order valence-electron chi connectivity index (χ4n) is 1.12. The number of thiophene rings is 1. The quantitative estimate of drug-likeness (QED) is 0.829. The summed E-state index contributed by atoms with van der Waals surface area (Å²) in [6.45, 7) is 0. The summed E-state index contributed by atoms with van der Waals surface area (Å²) in [4.78, 5) is 0.729. The van der Waals surface area contributed by atoms with Crippen molar-refractivity contribution < 1.29 is 18.3 Å². The minimum atomic E-state index is -4.12. The van der Waals surface area contributed by atoms with Crippen LogP contribution in [0.4, 0.5) is 13.2 Å². The van der Waals surface area contributed by atoms with E-state index in [9.17, 15) is 18.3 Å². The van der Waals surface area contributed by atoms with Crippen LogP contribution in [0.15, 0.2) is 17.5 Å². The SMILES string of the molecule is OC(CCCC(F)(F)F)c1cccs1. The van der Waals surface area contributed by atoms with Crippen LogP contribution in [-0.2, 0) is 0 Å². The average molecular weight is 224 g/mol. The van der Waals surface area contributed by atoms with Crippen molar-refractivity contribution in [2.24, 2.45) is 0 Å². The second kappa shape index (κ2) is 4.79. The summed E-state index contributed by atoms with van der Waals surface area (Å²) < 4.78 is 35.3. The van der Waals surface area contributed by atoms with E-state index >= 15 is 0 Å². The molecular weight excluding hydrogens is 213 g/mol. The van der Waals surface area contributed by atoms with Gasteiger partial charge in [-0.2, -0.15) is 13.2 Å². The van der Waals surface area contributed by atoms with Gasteiger partial charge in [0, 0.05) is 11.3 Å². The molecule has 1 atom stereocenters. The van der Waals surface area contributed by atoms with E-state index in [-0.39, 0.29) is 12.8 Å². The summed E-state index contributed by atoms with van der Waals surface area (Å²) in [6.07, 6.45) is -5.55. The maximum Gasteiger partial charge on any atom is 0.389 e. The first kappa shape index (κ1) is 11.5. The van der Waals surface area contributed by atoms with Gasteiger partial charge in [0.25, 0.3) is 0 Å². The summed E-state index contributed by atoms with van der Waals surface area (Å²) in [5.41, 5.74) is 0. The molecule has 0 aliphatic heterocycles. The van der Waals surface area contributed by atoms with Crippen LogP contribution in [0.5, 0.6) is 0 Å². The fraction of sp³-hybridized carbons (Fsp3) is 0.556. The van der Waals surface area contributed by atoms with Crippen LogP contribution in [0.2, 0.25) is 0 Å². The third-order valence-corrected chi connectivity index (χ3v) is 2.78. The van der Waals surface area contributed by atoms with Gasteiger partial charge in [0.05, 0.1) is 6.10 Å². The second-order valence-electron chi connectivity index (χ2n) is 3.04. The molecule has 1 N–H and O–H groups in total. The van der Waals surface area contributed by atoms with Crippen molar-refractivity contribution in [2.75, 3.05) is 0 Å². The van der Waals surface area contributed by atoms with Crippen molar-refractivity contribution in [3.8, 4) is 0 Å². The lowest BCUT2D eigenvalue weighted by Crippen LogP contribution is -2.07. The van der Waals surface area contributed by atoms with Gasteiger partial charge in [0.2, 0.25) is 0 Å². The molecular formula is C9H11F3OS. The molecule has 0 aliphatic rings. The highest BCUT2D eigenvalue weighted by Gasteiger charge is 2.26.